The molecule has 1 saturated carbocycles. The van der Waals surface area contributed by atoms with Crippen molar-refractivity contribution >= 4 is 57.0 Å². The Balaban J connectivity index is 1.05. The fourth-order valence-corrected chi connectivity index (χ4v) is 9.93. The number of anilines is 2. The predicted molar refractivity (Wildman–Crippen MR) is 251 cm³/mol. The maximum atomic E-state index is 14.5. The molecule has 17 heteroatoms. The lowest BCUT2D eigenvalue weighted by atomic mass is 9.84. The van der Waals surface area contributed by atoms with E-state index < -0.39 is 57.8 Å². The van der Waals surface area contributed by atoms with E-state index in [2.05, 4.69) is 16.0 Å². The Morgan fingerprint density at radius 2 is 1.61 bits per heavy atom. The quantitative estimate of drug-likeness (QED) is 0.0711. The number of rotatable bonds is 15. The molecular formula is C50H58N6O10S. The smallest absolute Gasteiger partial charge is 0.424 e. The van der Waals surface area contributed by atoms with Gasteiger partial charge in [0.05, 0.1) is 17.0 Å². The zero-order chi connectivity index (χ0) is 48.0. The predicted octanol–water partition coefficient (Wildman–Crippen LogP) is 6.90. The Morgan fingerprint density at radius 1 is 0.896 bits per heavy atom. The minimum Gasteiger partial charge on any atom is -0.507 e. The second-order valence-electron chi connectivity index (χ2n) is 18.3. The summed E-state index contributed by atoms with van der Waals surface area (Å²) < 4.78 is 34.0. The largest absolute Gasteiger partial charge is 0.507 e. The van der Waals surface area contributed by atoms with Gasteiger partial charge < -0.3 is 30.3 Å². The second kappa shape index (κ2) is 20.4. The molecule has 16 nitrogen and oxygen atoms in total. The van der Waals surface area contributed by atoms with Crippen LogP contribution in [0.15, 0.2) is 89.8 Å². The number of nitrogens with zero attached hydrogens (tertiary/aromatic N) is 3. The molecule has 1 atom stereocenters. The van der Waals surface area contributed by atoms with Gasteiger partial charge in [-0.3, -0.25) is 29.3 Å². The molecule has 2 aliphatic heterocycles. The van der Waals surface area contributed by atoms with Gasteiger partial charge in [0, 0.05) is 54.6 Å². The molecular weight excluding hydrogens is 877 g/mol. The molecule has 0 bridgehead atoms. The number of phenols is 1. The van der Waals surface area contributed by atoms with Crippen molar-refractivity contribution in [3.8, 4) is 5.75 Å². The molecule has 2 heterocycles. The molecule has 2 fully saturated rings. The Hall–Kier alpha value is -6.75. The Labute approximate surface area is 391 Å². The van der Waals surface area contributed by atoms with Crippen LogP contribution in [0.2, 0.25) is 0 Å². The van der Waals surface area contributed by atoms with Crippen LogP contribution in [0.4, 0.5) is 16.2 Å². The Kier molecular flexibility index (Phi) is 14.7. The summed E-state index contributed by atoms with van der Waals surface area (Å²) in [4.78, 5) is 81.5. The first-order chi connectivity index (χ1) is 31.9. The van der Waals surface area contributed by atoms with E-state index in [1.165, 1.54) is 65.0 Å². The van der Waals surface area contributed by atoms with Crippen molar-refractivity contribution in [2.75, 3.05) is 29.9 Å². The summed E-state index contributed by atoms with van der Waals surface area (Å²) in [6, 6.07) is 22.4. The summed E-state index contributed by atoms with van der Waals surface area (Å²) in [6.07, 6.45) is 5.39. The number of hydrogen-bond donors (Lipinski definition) is 4. The summed E-state index contributed by atoms with van der Waals surface area (Å²) in [5.74, 6) is -2.49. The number of ether oxygens (including phenoxy) is 1. The third kappa shape index (κ3) is 11.4. The van der Waals surface area contributed by atoms with Crippen LogP contribution in [-0.4, -0.2) is 89.6 Å². The van der Waals surface area contributed by atoms with E-state index in [0.29, 0.717) is 40.0 Å². The lowest BCUT2D eigenvalue weighted by Gasteiger charge is -2.29. The van der Waals surface area contributed by atoms with Gasteiger partial charge in [-0.1, -0.05) is 67.3 Å². The normalized spacial score (nSPS) is 16.5. The first-order valence-corrected chi connectivity index (χ1v) is 24.2. The molecule has 0 aromatic heterocycles. The Bertz CT molecular complexity index is 2640. The first-order valence-electron chi connectivity index (χ1n) is 22.7. The van der Waals surface area contributed by atoms with Crippen molar-refractivity contribution in [3.05, 3.63) is 118 Å². The van der Waals surface area contributed by atoms with Crippen LogP contribution < -0.4 is 20.9 Å². The number of carbonyl (C=O) groups is 6. The first kappa shape index (κ1) is 48.2. The van der Waals surface area contributed by atoms with Crippen LogP contribution >= 0.6 is 0 Å². The molecule has 1 saturated heterocycles. The van der Waals surface area contributed by atoms with Crippen molar-refractivity contribution in [1.82, 2.24) is 19.8 Å². The highest BCUT2D eigenvalue weighted by molar-refractivity contribution is 7.89. The number of imide groups is 1. The number of aromatic hydroxyl groups is 1. The summed E-state index contributed by atoms with van der Waals surface area (Å²) in [5.41, 5.74) is 3.63. The van der Waals surface area contributed by atoms with Crippen LogP contribution in [0.3, 0.4) is 0 Å². The van der Waals surface area contributed by atoms with Crippen molar-refractivity contribution in [3.63, 3.8) is 0 Å². The highest BCUT2D eigenvalue weighted by Crippen LogP contribution is 2.35. The number of hydrogen-bond acceptors (Lipinski definition) is 11. The lowest BCUT2D eigenvalue weighted by Crippen LogP contribution is -2.52. The fraction of sp³-hybridized carbons (Fsp3) is 0.400. The molecule has 1 unspecified atom stereocenters. The van der Waals surface area contributed by atoms with Gasteiger partial charge in [0.2, 0.25) is 17.7 Å². The Morgan fingerprint density at radius 3 is 2.28 bits per heavy atom. The van der Waals surface area contributed by atoms with Crippen LogP contribution in [0.5, 0.6) is 5.75 Å². The SMILES string of the molecule is Cc1ccc(S(=O)(=O)N(CC(=O)N(Cc2ccc(C3CCCCC3)cc2)c2ccc(C(=O)NCCCNc3cccc4c3CN(C3CCC(=O)NC3=O)C4=O)c(O)c2)C(=O)OC(C)(C)C)cc1. The molecule has 6 amide bonds. The standard InChI is InChI=1S/C50H58N6O10S/c1-32-14-21-37(22-15-32)67(64,65)56(49(63)66-50(2,3)4)31-45(59)54(29-33-16-18-35(19-17-33)34-10-6-5-7-11-34)36-20-23-39(43(57)28-36)46(60)52-27-9-26-51-41-13-8-12-38-40(41)30-55(48(38)62)42-24-25-44(58)53-47(42)61/h8,12-23,28,34,42,51,57H,5-7,9-11,24-27,29-31H2,1-4H3,(H,52,60)(H,53,58,61). The molecule has 0 spiro atoms. The molecule has 0 radical (unpaired) electrons. The summed E-state index contributed by atoms with van der Waals surface area (Å²) in [6.45, 7) is 6.40. The molecule has 67 heavy (non-hydrogen) atoms. The van der Waals surface area contributed by atoms with Gasteiger partial charge in [0.25, 0.3) is 21.8 Å². The molecule has 3 aliphatic rings. The van der Waals surface area contributed by atoms with E-state index >= 15 is 0 Å². The van der Waals surface area contributed by atoms with E-state index in [1.54, 1.807) is 52.0 Å². The van der Waals surface area contributed by atoms with Crippen LogP contribution in [0.25, 0.3) is 0 Å². The van der Waals surface area contributed by atoms with Gasteiger partial charge >= 0.3 is 6.09 Å². The van der Waals surface area contributed by atoms with Crippen molar-refractivity contribution in [2.24, 2.45) is 0 Å². The fourth-order valence-electron chi connectivity index (χ4n) is 8.68. The number of benzene rings is 4. The maximum absolute atomic E-state index is 14.5. The molecule has 7 rings (SSSR count). The molecule has 354 valence electrons. The molecule has 4 N–H and O–H groups in total. The topological polar surface area (TPSA) is 212 Å². The van der Waals surface area contributed by atoms with Gasteiger partial charge in [-0.2, -0.15) is 4.31 Å². The number of nitrogens with one attached hydrogen (secondary N) is 3. The van der Waals surface area contributed by atoms with E-state index in [9.17, 15) is 42.3 Å². The van der Waals surface area contributed by atoms with E-state index in [4.69, 9.17) is 4.74 Å². The average Bonchev–Trinajstić information content (AvgIpc) is 3.63. The third-order valence-electron chi connectivity index (χ3n) is 12.3. The number of amides is 6. The number of aryl methyl sites for hydroxylation is 1. The van der Waals surface area contributed by atoms with E-state index in [0.717, 1.165) is 24.0 Å². The van der Waals surface area contributed by atoms with Crippen LogP contribution in [0, 0.1) is 6.92 Å². The third-order valence-corrected chi connectivity index (χ3v) is 14.0. The number of sulfonamides is 1. The minimum absolute atomic E-state index is 0.0533. The maximum Gasteiger partial charge on any atom is 0.424 e. The monoisotopic (exact) mass is 934 g/mol. The van der Waals surface area contributed by atoms with E-state index in [-0.39, 0.29) is 60.4 Å². The van der Waals surface area contributed by atoms with Gasteiger partial charge in [-0.05, 0) is 107 Å². The number of piperidine rings is 1. The summed E-state index contributed by atoms with van der Waals surface area (Å²) in [5, 5.41) is 19.7. The van der Waals surface area contributed by atoms with Crippen molar-refractivity contribution in [1.29, 1.82) is 0 Å². The van der Waals surface area contributed by atoms with Gasteiger partial charge in [-0.25, -0.2) is 13.2 Å². The number of phenolic OH excluding ortho intramolecular Hbond substituents is 1. The van der Waals surface area contributed by atoms with Gasteiger partial charge in [0.1, 0.15) is 23.9 Å². The van der Waals surface area contributed by atoms with Gasteiger partial charge in [0.15, 0.2) is 0 Å². The van der Waals surface area contributed by atoms with Crippen LogP contribution in [0.1, 0.15) is 121 Å². The second-order valence-corrected chi connectivity index (χ2v) is 20.2. The number of fused-ring (bicyclic) bond motifs is 1. The van der Waals surface area contributed by atoms with Gasteiger partial charge in [-0.15, -0.1) is 0 Å². The highest BCUT2D eigenvalue weighted by atomic mass is 32.2. The molecule has 4 aromatic rings. The number of carbonyl (C=O) groups excluding carboxylic acids is 6. The molecule has 4 aromatic carbocycles. The lowest BCUT2D eigenvalue weighted by molar-refractivity contribution is -0.137. The average molecular weight is 935 g/mol. The molecule has 1 aliphatic carbocycles. The van der Waals surface area contributed by atoms with Crippen LogP contribution in [-0.2, 0) is 42.2 Å². The minimum atomic E-state index is -4.59. The summed E-state index contributed by atoms with van der Waals surface area (Å²) in [7, 11) is -4.59. The zero-order valence-electron chi connectivity index (χ0n) is 38.3. The van der Waals surface area contributed by atoms with E-state index in [1.807, 2.05) is 30.3 Å². The zero-order valence-corrected chi connectivity index (χ0v) is 39.1. The summed E-state index contributed by atoms with van der Waals surface area (Å²) >= 11 is 0. The van der Waals surface area contributed by atoms with Crippen molar-refractivity contribution < 1.29 is 47.0 Å². The van der Waals surface area contributed by atoms with Crippen molar-refractivity contribution in [2.45, 2.75) is 115 Å². The highest BCUT2D eigenvalue weighted by Gasteiger charge is 2.40.